The molecule has 1 amide bonds. The minimum absolute atomic E-state index is 0.0290. The lowest BCUT2D eigenvalue weighted by Crippen LogP contribution is -2.38. The maximum absolute atomic E-state index is 13.3. The van der Waals surface area contributed by atoms with Crippen molar-refractivity contribution in [3.05, 3.63) is 64.6 Å². The van der Waals surface area contributed by atoms with Crippen LogP contribution in [0.2, 0.25) is 5.02 Å². The van der Waals surface area contributed by atoms with Crippen molar-refractivity contribution < 1.29 is 28.6 Å². The Labute approximate surface area is 169 Å². The second kappa shape index (κ2) is 7.65. The zero-order valence-electron chi connectivity index (χ0n) is 14.8. The molecular formula is C20H14ClFN2O5. The molecule has 2 aromatic carbocycles. The molecule has 2 heterocycles. The van der Waals surface area contributed by atoms with Crippen LogP contribution in [0, 0.1) is 5.82 Å². The number of rotatable bonds is 5. The Morgan fingerprint density at radius 1 is 1.24 bits per heavy atom. The van der Waals surface area contributed by atoms with Gasteiger partial charge in [-0.2, -0.15) is 0 Å². The molecule has 1 aliphatic rings. The molecule has 1 fully saturated rings. The monoisotopic (exact) mass is 416 g/mol. The van der Waals surface area contributed by atoms with E-state index in [1.54, 1.807) is 0 Å². The number of aromatic nitrogens is 1. The fourth-order valence-corrected chi connectivity index (χ4v) is 3.01. The lowest BCUT2D eigenvalue weighted by Gasteiger charge is -2.27. The number of pyridine rings is 1. The van der Waals surface area contributed by atoms with Crippen molar-refractivity contribution >= 4 is 40.1 Å². The highest BCUT2D eigenvalue weighted by atomic mass is 35.5. The van der Waals surface area contributed by atoms with Gasteiger partial charge in [-0.25, -0.2) is 9.18 Å². The van der Waals surface area contributed by atoms with Crippen molar-refractivity contribution in [2.45, 2.75) is 6.10 Å². The topological polar surface area (TPSA) is 97.8 Å². The van der Waals surface area contributed by atoms with Gasteiger partial charge in [-0.15, -0.1) is 0 Å². The predicted molar refractivity (Wildman–Crippen MR) is 103 cm³/mol. The van der Waals surface area contributed by atoms with E-state index in [-0.39, 0.29) is 33.7 Å². The quantitative estimate of drug-likeness (QED) is 0.657. The number of nitrogens with zero attached hydrogens (tertiary/aromatic N) is 1. The molecule has 9 heteroatoms. The first-order chi connectivity index (χ1) is 13.9. The number of carbonyl (C=O) groups excluding carboxylic acids is 1. The third-order valence-corrected chi connectivity index (χ3v) is 4.66. The fraction of sp³-hybridized carbons (Fsp3) is 0.150. The number of halogens is 2. The first-order valence-electron chi connectivity index (χ1n) is 8.58. The van der Waals surface area contributed by atoms with E-state index in [2.05, 4.69) is 10.3 Å². The van der Waals surface area contributed by atoms with Gasteiger partial charge in [0.1, 0.15) is 17.7 Å². The van der Waals surface area contributed by atoms with Gasteiger partial charge in [0, 0.05) is 23.7 Å². The third-order valence-electron chi connectivity index (χ3n) is 4.36. The van der Waals surface area contributed by atoms with Gasteiger partial charge in [-0.1, -0.05) is 11.6 Å². The standard InChI is InChI=1S/C20H14ClFN2O5/c21-15-5-14(20(26)27)17(6-18(15)29-13-8-28-9-13)24-19(25)11-3-10-1-2-12(22)4-16(10)23-7-11/h1-7,13H,8-9H2,(H,24,25)(H,26,27). The Kier molecular flexibility index (Phi) is 5.04. The van der Waals surface area contributed by atoms with Crippen LogP contribution >= 0.6 is 11.6 Å². The third kappa shape index (κ3) is 3.98. The van der Waals surface area contributed by atoms with Gasteiger partial charge in [0.2, 0.25) is 0 Å². The van der Waals surface area contributed by atoms with Crippen LogP contribution in [-0.2, 0) is 4.74 Å². The van der Waals surface area contributed by atoms with Crippen LogP contribution < -0.4 is 10.1 Å². The highest BCUT2D eigenvalue weighted by Crippen LogP contribution is 2.33. The number of aromatic carboxylic acids is 1. The van der Waals surface area contributed by atoms with E-state index in [1.807, 2.05) is 0 Å². The molecule has 1 aliphatic heterocycles. The largest absolute Gasteiger partial charge is 0.484 e. The summed E-state index contributed by atoms with van der Waals surface area (Å²) in [6.45, 7) is 0.810. The fourth-order valence-electron chi connectivity index (χ4n) is 2.80. The summed E-state index contributed by atoms with van der Waals surface area (Å²) in [4.78, 5) is 28.3. The van der Waals surface area contributed by atoms with Crippen molar-refractivity contribution in [1.82, 2.24) is 4.98 Å². The first-order valence-corrected chi connectivity index (χ1v) is 8.96. The van der Waals surface area contributed by atoms with Crippen LogP contribution in [0.15, 0.2) is 42.6 Å². The summed E-state index contributed by atoms with van der Waals surface area (Å²) in [7, 11) is 0. The summed E-state index contributed by atoms with van der Waals surface area (Å²) in [5, 5.41) is 12.7. The number of carbonyl (C=O) groups is 2. The number of nitrogens with one attached hydrogen (secondary N) is 1. The van der Waals surface area contributed by atoms with E-state index < -0.39 is 17.7 Å². The van der Waals surface area contributed by atoms with E-state index in [0.717, 1.165) is 0 Å². The van der Waals surface area contributed by atoms with Gasteiger partial charge in [0.15, 0.2) is 0 Å². The van der Waals surface area contributed by atoms with E-state index in [4.69, 9.17) is 21.1 Å². The van der Waals surface area contributed by atoms with Crippen LogP contribution in [0.5, 0.6) is 5.75 Å². The van der Waals surface area contributed by atoms with Crippen molar-refractivity contribution in [1.29, 1.82) is 0 Å². The molecule has 0 aliphatic carbocycles. The Balaban J connectivity index is 1.64. The molecule has 3 aromatic rings. The van der Waals surface area contributed by atoms with Crippen LogP contribution in [0.1, 0.15) is 20.7 Å². The average molecular weight is 417 g/mol. The first kappa shape index (κ1) is 19.1. The van der Waals surface area contributed by atoms with Gasteiger partial charge < -0.3 is 19.9 Å². The van der Waals surface area contributed by atoms with E-state index in [9.17, 15) is 19.1 Å². The SMILES string of the molecule is O=C(Nc1cc(OC2COC2)c(Cl)cc1C(=O)O)c1cnc2cc(F)ccc2c1. The average Bonchev–Trinajstić information content (AvgIpc) is 2.65. The Bertz CT molecular complexity index is 1130. The van der Waals surface area contributed by atoms with Crippen LogP contribution in [0.4, 0.5) is 10.1 Å². The predicted octanol–water partition coefficient (Wildman–Crippen LogP) is 3.76. The molecular weight excluding hydrogens is 403 g/mol. The van der Waals surface area contributed by atoms with Crippen molar-refractivity contribution in [2.75, 3.05) is 18.5 Å². The minimum atomic E-state index is -1.26. The normalized spacial score (nSPS) is 13.7. The van der Waals surface area contributed by atoms with Crippen LogP contribution in [0.25, 0.3) is 10.9 Å². The maximum atomic E-state index is 13.3. The minimum Gasteiger partial charge on any atom is -0.484 e. The second-order valence-corrected chi connectivity index (χ2v) is 6.83. The molecule has 2 N–H and O–H groups in total. The summed E-state index contributed by atoms with van der Waals surface area (Å²) in [5.74, 6) is -2.02. The number of carboxylic acids is 1. The van der Waals surface area contributed by atoms with E-state index in [1.165, 1.54) is 42.6 Å². The maximum Gasteiger partial charge on any atom is 0.337 e. The zero-order chi connectivity index (χ0) is 20.5. The number of hydrogen-bond acceptors (Lipinski definition) is 5. The molecule has 4 rings (SSSR count). The summed E-state index contributed by atoms with van der Waals surface area (Å²) in [6.07, 6.45) is 1.10. The van der Waals surface area contributed by atoms with Gasteiger partial charge in [-0.05, 0) is 24.3 Å². The Hall–Kier alpha value is -3.23. The summed E-state index contributed by atoms with van der Waals surface area (Å²) in [6, 6.07) is 8.15. The Morgan fingerprint density at radius 2 is 2.03 bits per heavy atom. The molecule has 0 radical (unpaired) electrons. The summed E-state index contributed by atoms with van der Waals surface area (Å²) < 4.78 is 24.0. The molecule has 0 unspecified atom stereocenters. The number of amides is 1. The lowest BCUT2D eigenvalue weighted by atomic mass is 10.1. The zero-order valence-corrected chi connectivity index (χ0v) is 15.6. The number of fused-ring (bicyclic) bond motifs is 1. The molecule has 0 saturated carbocycles. The van der Waals surface area contributed by atoms with Gasteiger partial charge in [-0.3, -0.25) is 9.78 Å². The van der Waals surface area contributed by atoms with Crippen molar-refractivity contribution in [3.63, 3.8) is 0 Å². The number of anilines is 1. The van der Waals surface area contributed by atoms with Crippen LogP contribution in [0.3, 0.4) is 0 Å². The number of benzene rings is 2. The molecule has 0 spiro atoms. The smallest absolute Gasteiger partial charge is 0.337 e. The van der Waals surface area contributed by atoms with Crippen molar-refractivity contribution in [3.8, 4) is 5.75 Å². The highest BCUT2D eigenvalue weighted by molar-refractivity contribution is 6.32. The molecule has 29 heavy (non-hydrogen) atoms. The summed E-state index contributed by atoms with van der Waals surface area (Å²) >= 11 is 6.12. The number of hydrogen-bond donors (Lipinski definition) is 2. The van der Waals surface area contributed by atoms with Crippen molar-refractivity contribution in [2.24, 2.45) is 0 Å². The van der Waals surface area contributed by atoms with Gasteiger partial charge in [0.05, 0.1) is 40.6 Å². The van der Waals surface area contributed by atoms with E-state index in [0.29, 0.717) is 24.1 Å². The lowest BCUT2D eigenvalue weighted by molar-refractivity contribution is -0.0796. The second-order valence-electron chi connectivity index (χ2n) is 6.43. The molecule has 148 valence electrons. The summed E-state index contributed by atoms with van der Waals surface area (Å²) in [5.41, 5.74) is 0.431. The van der Waals surface area contributed by atoms with E-state index >= 15 is 0 Å². The molecule has 1 aromatic heterocycles. The highest BCUT2D eigenvalue weighted by Gasteiger charge is 2.24. The van der Waals surface area contributed by atoms with Gasteiger partial charge in [0.25, 0.3) is 5.91 Å². The van der Waals surface area contributed by atoms with Gasteiger partial charge >= 0.3 is 5.97 Å². The molecule has 1 saturated heterocycles. The molecule has 7 nitrogen and oxygen atoms in total. The molecule has 0 atom stereocenters. The number of carboxylic acid groups (broad SMARTS) is 1. The molecule has 0 bridgehead atoms. The van der Waals surface area contributed by atoms with Crippen LogP contribution in [-0.4, -0.2) is 41.3 Å². The Morgan fingerprint density at radius 3 is 2.72 bits per heavy atom. The number of ether oxygens (including phenoxy) is 2.